The third-order valence-corrected chi connectivity index (χ3v) is 5.04. The summed E-state index contributed by atoms with van der Waals surface area (Å²) in [6, 6.07) is 5.04. The molecule has 0 aliphatic rings. The van der Waals surface area contributed by atoms with Crippen molar-refractivity contribution in [2.24, 2.45) is 18.7 Å². The van der Waals surface area contributed by atoms with E-state index in [2.05, 4.69) is 18.8 Å². The van der Waals surface area contributed by atoms with E-state index in [1.165, 1.54) is 7.11 Å². The first-order valence-corrected chi connectivity index (χ1v) is 9.63. The van der Waals surface area contributed by atoms with Crippen molar-refractivity contribution in [1.29, 1.82) is 0 Å². The number of carbonyl (C=O) groups is 1. The second-order valence-electron chi connectivity index (χ2n) is 7.74. The Balaban J connectivity index is 2.21. The molecule has 154 valence electrons. The number of ether oxygens (including phenoxy) is 2. The molecule has 0 radical (unpaired) electrons. The summed E-state index contributed by atoms with van der Waals surface area (Å²) in [5.74, 6) is 0.283. The van der Waals surface area contributed by atoms with E-state index in [9.17, 15) is 9.59 Å². The van der Waals surface area contributed by atoms with E-state index in [1.807, 2.05) is 0 Å². The fraction of sp³-hybridized carbons (Fsp3) is 0.409. The number of methoxy groups -OCH3 is 1. The highest BCUT2D eigenvalue weighted by molar-refractivity contribution is 6.09. The lowest BCUT2D eigenvalue weighted by Gasteiger charge is -2.18. The SMILES string of the molecule is COC(=O)c1cc2c3ccnc(C)c3c(=O)n(C)c2cc1OCC(N)CC(C)C. The maximum atomic E-state index is 12.9. The van der Waals surface area contributed by atoms with Gasteiger partial charge in [0.2, 0.25) is 0 Å². The van der Waals surface area contributed by atoms with E-state index in [0.29, 0.717) is 33.8 Å². The molecular formula is C22H27N3O4. The van der Waals surface area contributed by atoms with Crippen LogP contribution in [0.5, 0.6) is 5.75 Å². The van der Waals surface area contributed by atoms with Crippen LogP contribution in [-0.2, 0) is 11.8 Å². The number of aromatic nitrogens is 2. The second kappa shape index (κ2) is 8.21. The first-order valence-electron chi connectivity index (χ1n) is 9.63. The van der Waals surface area contributed by atoms with Crippen LogP contribution >= 0.6 is 0 Å². The summed E-state index contributed by atoms with van der Waals surface area (Å²) in [6.07, 6.45) is 2.46. The quantitative estimate of drug-likeness (QED) is 0.507. The minimum absolute atomic E-state index is 0.147. The molecule has 2 aromatic heterocycles. The van der Waals surface area contributed by atoms with E-state index in [0.717, 1.165) is 17.2 Å². The largest absolute Gasteiger partial charge is 0.491 e. The van der Waals surface area contributed by atoms with Gasteiger partial charge in [0, 0.05) is 30.7 Å². The Kier molecular flexibility index (Phi) is 5.88. The van der Waals surface area contributed by atoms with Gasteiger partial charge in [-0.2, -0.15) is 0 Å². The first kappa shape index (κ1) is 20.8. The topological polar surface area (TPSA) is 96.4 Å². The molecule has 7 nitrogen and oxygen atoms in total. The van der Waals surface area contributed by atoms with Gasteiger partial charge in [0.25, 0.3) is 5.56 Å². The monoisotopic (exact) mass is 397 g/mol. The Labute approximate surface area is 169 Å². The molecule has 1 atom stereocenters. The van der Waals surface area contributed by atoms with Crippen molar-refractivity contribution in [2.75, 3.05) is 13.7 Å². The number of carbonyl (C=O) groups excluding carboxylic acids is 1. The molecule has 0 aliphatic heterocycles. The van der Waals surface area contributed by atoms with Crippen LogP contribution in [0.1, 0.15) is 36.3 Å². The lowest BCUT2D eigenvalue weighted by molar-refractivity contribution is 0.0595. The maximum absolute atomic E-state index is 12.9. The summed E-state index contributed by atoms with van der Waals surface area (Å²) in [5.41, 5.74) is 7.59. The van der Waals surface area contributed by atoms with Crippen LogP contribution in [0.2, 0.25) is 0 Å². The van der Waals surface area contributed by atoms with Gasteiger partial charge in [0.15, 0.2) is 0 Å². The number of esters is 1. The Morgan fingerprint density at radius 1 is 1.28 bits per heavy atom. The lowest BCUT2D eigenvalue weighted by Crippen LogP contribution is -2.29. The van der Waals surface area contributed by atoms with Crippen LogP contribution in [0.3, 0.4) is 0 Å². The predicted molar refractivity (Wildman–Crippen MR) is 113 cm³/mol. The van der Waals surface area contributed by atoms with E-state index in [1.54, 1.807) is 42.9 Å². The zero-order valence-corrected chi connectivity index (χ0v) is 17.5. The molecule has 0 bridgehead atoms. The van der Waals surface area contributed by atoms with Crippen LogP contribution < -0.4 is 16.0 Å². The highest BCUT2D eigenvalue weighted by atomic mass is 16.5. The summed E-state index contributed by atoms with van der Waals surface area (Å²) < 4.78 is 12.4. The van der Waals surface area contributed by atoms with E-state index < -0.39 is 5.97 Å². The van der Waals surface area contributed by atoms with E-state index in [-0.39, 0.29) is 18.2 Å². The Hall–Kier alpha value is -2.93. The van der Waals surface area contributed by atoms with Gasteiger partial charge in [-0.1, -0.05) is 13.8 Å². The molecule has 0 saturated carbocycles. The van der Waals surface area contributed by atoms with Crippen molar-refractivity contribution >= 4 is 27.6 Å². The summed E-state index contributed by atoms with van der Waals surface area (Å²) in [6.45, 7) is 6.24. The normalized spacial score (nSPS) is 12.5. The highest BCUT2D eigenvalue weighted by Gasteiger charge is 2.20. The zero-order chi connectivity index (χ0) is 21.3. The van der Waals surface area contributed by atoms with Crippen molar-refractivity contribution in [3.05, 3.63) is 46.0 Å². The van der Waals surface area contributed by atoms with Crippen molar-refractivity contribution in [1.82, 2.24) is 9.55 Å². The number of benzene rings is 1. The highest BCUT2D eigenvalue weighted by Crippen LogP contribution is 2.31. The average molecular weight is 397 g/mol. The van der Waals surface area contributed by atoms with Gasteiger partial charge in [0.05, 0.1) is 23.7 Å². The minimum Gasteiger partial charge on any atom is -0.491 e. The molecule has 3 rings (SSSR count). The molecule has 7 heteroatoms. The van der Waals surface area contributed by atoms with Gasteiger partial charge in [-0.15, -0.1) is 0 Å². The average Bonchev–Trinajstić information content (AvgIpc) is 2.68. The third-order valence-electron chi connectivity index (χ3n) is 5.04. The van der Waals surface area contributed by atoms with E-state index in [4.69, 9.17) is 15.2 Å². The summed E-state index contributed by atoms with van der Waals surface area (Å²) in [7, 11) is 3.02. The molecule has 0 saturated heterocycles. The smallest absolute Gasteiger partial charge is 0.341 e. The van der Waals surface area contributed by atoms with Crippen LogP contribution in [0.15, 0.2) is 29.2 Å². The molecule has 0 spiro atoms. The number of pyridine rings is 2. The van der Waals surface area contributed by atoms with Crippen LogP contribution in [-0.4, -0.2) is 35.3 Å². The number of fused-ring (bicyclic) bond motifs is 3. The first-order chi connectivity index (χ1) is 13.7. The summed E-state index contributed by atoms with van der Waals surface area (Å²) >= 11 is 0. The number of hydrogen-bond donors (Lipinski definition) is 1. The van der Waals surface area contributed by atoms with Crippen LogP contribution in [0.25, 0.3) is 21.7 Å². The fourth-order valence-corrected chi connectivity index (χ4v) is 3.66. The fourth-order valence-electron chi connectivity index (χ4n) is 3.66. The van der Waals surface area contributed by atoms with Crippen molar-refractivity contribution in [3.8, 4) is 5.75 Å². The van der Waals surface area contributed by atoms with Gasteiger partial charge in [-0.3, -0.25) is 9.78 Å². The van der Waals surface area contributed by atoms with Gasteiger partial charge in [-0.05, 0) is 36.8 Å². The Morgan fingerprint density at radius 3 is 2.66 bits per heavy atom. The standard InChI is InChI=1S/C22H27N3O4/c1-12(2)8-14(23)11-29-19-10-18-16(9-17(19)22(27)28-5)15-6-7-24-13(3)20(15)21(26)25(18)4/h6-7,9-10,12,14H,8,11,23H2,1-5H3. The van der Waals surface area contributed by atoms with Crippen molar-refractivity contribution in [3.63, 3.8) is 0 Å². The number of hydrogen-bond acceptors (Lipinski definition) is 6. The molecule has 29 heavy (non-hydrogen) atoms. The number of nitrogens with zero attached hydrogens (tertiary/aromatic N) is 2. The minimum atomic E-state index is -0.507. The Bertz CT molecular complexity index is 1130. The third kappa shape index (κ3) is 3.96. The molecule has 0 amide bonds. The van der Waals surface area contributed by atoms with Crippen molar-refractivity contribution < 1.29 is 14.3 Å². The molecule has 3 aromatic rings. The lowest BCUT2D eigenvalue weighted by atomic mass is 10.0. The van der Waals surface area contributed by atoms with Crippen LogP contribution in [0, 0.1) is 12.8 Å². The molecule has 2 heterocycles. The molecule has 0 aliphatic carbocycles. The molecular weight excluding hydrogens is 370 g/mol. The molecule has 2 N–H and O–H groups in total. The summed E-state index contributed by atoms with van der Waals surface area (Å²) in [4.78, 5) is 29.6. The number of aryl methyl sites for hydroxylation is 2. The molecule has 1 aromatic carbocycles. The predicted octanol–water partition coefficient (Wildman–Crippen LogP) is 2.93. The van der Waals surface area contributed by atoms with E-state index >= 15 is 0 Å². The Morgan fingerprint density at radius 2 is 2.00 bits per heavy atom. The summed E-state index contributed by atoms with van der Waals surface area (Å²) in [5, 5.41) is 2.03. The van der Waals surface area contributed by atoms with Gasteiger partial charge in [-0.25, -0.2) is 4.79 Å². The van der Waals surface area contributed by atoms with Gasteiger partial charge >= 0.3 is 5.97 Å². The number of nitrogens with two attached hydrogens (primary N) is 1. The van der Waals surface area contributed by atoms with Gasteiger partial charge < -0.3 is 19.8 Å². The molecule has 0 fully saturated rings. The van der Waals surface area contributed by atoms with Crippen molar-refractivity contribution in [2.45, 2.75) is 33.2 Å². The maximum Gasteiger partial charge on any atom is 0.341 e. The van der Waals surface area contributed by atoms with Gasteiger partial charge in [0.1, 0.15) is 17.9 Å². The number of rotatable bonds is 6. The second-order valence-corrected chi connectivity index (χ2v) is 7.74. The van der Waals surface area contributed by atoms with Crippen LogP contribution in [0.4, 0.5) is 0 Å². The zero-order valence-electron chi connectivity index (χ0n) is 17.5. The molecule has 1 unspecified atom stereocenters.